The number of alkyl halides is 3. The molecule has 0 aliphatic carbocycles. The Kier molecular flexibility index (Phi) is 8.41. The van der Waals surface area contributed by atoms with Crippen molar-refractivity contribution in [3.05, 3.63) is 58.6 Å². The number of likely N-dealkylation sites (N-methyl/N-ethyl adjacent to an activating group) is 1. The van der Waals surface area contributed by atoms with Gasteiger partial charge in [0, 0.05) is 62.1 Å². The maximum absolute atomic E-state index is 13.5. The number of hydrogen-bond donors (Lipinski definition) is 1. The Bertz CT molecular complexity index is 1350. The van der Waals surface area contributed by atoms with Gasteiger partial charge in [0.1, 0.15) is 5.82 Å². The van der Waals surface area contributed by atoms with Gasteiger partial charge in [-0.1, -0.05) is 11.6 Å². The van der Waals surface area contributed by atoms with Gasteiger partial charge in [0.25, 0.3) is 5.91 Å². The summed E-state index contributed by atoms with van der Waals surface area (Å²) in [5.41, 5.74) is 1.42. The highest BCUT2D eigenvalue weighted by molar-refractivity contribution is 6.35. The van der Waals surface area contributed by atoms with E-state index in [-0.39, 0.29) is 11.6 Å². The van der Waals surface area contributed by atoms with Crippen LogP contribution in [0, 0.1) is 0 Å². The molecule has 2 fully saturated rings. The third kappa shape index (κ3) is 6.14. The number of carbonyl (C=O) groups excluding carboxylic acids is 1. The van der Waals surface area contributed by atoms with Crippen molar-refractivity contribution >= 4 is 34.2 Å². The van der Waals surface area contributed by atoms with Gasteiger partial charge in [-0.25, -0.2) is 15.0 Å². The van der Waals surface area contributed by atoms with E-state index in [1.165, 1.54) is 0 Å². The van der Waals surface area contributed by atoms with Crippen LogP contribution in [0.3, 0.4) is 0 Å². The van der Waals surface area contributed by atoms with Crippen molar-refractivity contribution in [2.75, 3.05) is 64.9 Å². The number of aromatic nitrogens is 3. The molecule has 1 N–H and O–H groups in total. The van der Waals surface area contributed by atoms with E-state index in [4.69, 9.17) is 21.3 Å². The van der Waals surface area contributed by atoms with Crippen LogP contribution in [-0.4, -0.2) is 96.7 Å². The number of hydrogen-bond acceptors (Lipinski definition) is 8. The molecule has 1 amide bonds. The van der Waals surface area contributed by atoms with E-state index >= 15 is 0 Å². The molecular weight excluding hydrogens is 547 g/mol. The van der Waals surface area contributed by atoms with Crippen LogP contribution >= 0.6 is 11.6 Å². The third-order valence-corrected chi connectivity index (χ3v) is 7.82. The summed E-state index contributed by atoms with van der Waals surface area (Å²) >= 11 is 6.50. The van der Waals surface area contributed by atoms with Gasteiger partial charge in [-0.3, -0.25) is 9.69 Å². The fraction of sp³-hybridized carbons (Fsp3) is 0.481. The second-order valence-corrected chi connectivity index (χ2v) is 10.6. The quantitative estimate of drug-likeness (QED) is 0.456. The number of carbonyl (C=O) groups is 1. The Morgan fingerprint density at radius 2 is 1.88 bits per heavy atom. The summed E-state index contributed by atoms with van der Waals surface area (Å²) < 4.78 is 44.5. The van der Waals surface area contributed by atoms with Crippen molar-refractivity contribution in [1.82, 2.24) is 30.1 Å². The average Bonchev–Trinajstić information content (AvgIpc) is 3.44. The van der Waals surface area contributed by atoms with E-state index in [1.54, 1.807) is 12.1 Å². The fourth-order valence-electron chi connectivity index (χ4n) is 5.23. The monoisotopic (exact) mass is 577 g/mol. The highest BCUT2D eigenvalue weighted by Crippen LogP contribution is 2.30. The molecule has 2 aliphatic heterocycles. The number of benzene rings is 1. The number of ether oxygens (including phenoxy) is 1. The lowest BCUT2D eigenvalue weighted by atomic mass is 10.1. The summed E-state index contributed by atoms with van der Waals surface area (Å²) in [6, 6.07) is 7.24. The first-order valence-electron chi connectivity index (χ1n) is 13.1. The average molecular weight is 578 g/mol. The lowest BCUT2D eigenvalue weighted by molar-refractivity contribution is -0.145. The van der Waals surface area contributed by atoms with Crippen LogP contribution in [0.5, 0.6) is 0 Å². The number of fused-ring (bicyclic) bond motifs is 1. The van der Waals surface area contributed by atoms with Crippen LogP contribution in [0.4, 0.5) is 19.0 Å². The minimum Gasteiger partial charge on any atom is -0.379 e. The molecule has 2 aliphatic rings. The molecule has 4 heterocycles. The molecule has 5 rings (SSSR count). The molecule has 0 radical (unpaired) electrons. The molecule has 2 atom stereocenters. The maximum atomic E-state index is 13.5. The molecule has 2 saturated heterocycles. The number of anilines is 1. The number of morpholine rings is 1. The largest absolute Gasteiger partial charge is 0.451 e. The normalized spacial score (nSPS) is 19.4. The zero-order chi connectivity index (χ0) is 28.4. The van der Waals surface area contributed by atoms with Gasteiger partial charge in [-0.05, 0) is 44.8 Å². The number of nitrogens with one attached hydrogen (secondary N) is 1. The van der Waals surface area contributed by atoms with Gasteiger partial charge >= 0.3 is 6.18 Å². The minimum atomic E-state index is -4.64. The van der Waals surface area contributed by atoms with Crippen molar-refractivity contribution in [2.45, 2.75) is 24.7 Å². The second kappa shape index (κ2) is 11.8. The zero-order valence-corrected chi connectivity index (χ0v) is 23.0. The Morgan fingerprint density at radius 3 is 2.52 bits per heavy atom. The molecule has 2 aromatic heterocycles. The first kappa shape index (κ1) is 28.5. The summed E-state index contributed by atoms with van der Waals surface area (Å²) in [6.07, 6.45) is -1.26. The number of amides is 1. The van der Waals surface area contributed by atoms with Gasteiger partial charge in [0.05, 0.1) is 35.4 Å². The molecular formula is C27H31ClF3N7O2. The Balaban J connectivity index is 1.36. The van der Waals surface area contributed by atoms with Gasteiger partial charge in [-0.15, -0.1) is 0 Å². The molecule has 1 unspecified atom stereocenters. The lowest BCUT2D eigenvalue weighted by Gasteiger charge is -2.34. The van der Waals surface area contributed by atoms with E-state index in [0.717, 1.165) is 37.7 Å². The van der Waals surface area contributed by atoms with Crippen LogP contribution < -0.4 is 10.2 Å². The number of rotatable bonds is 7. The van der Waals surface area contributed by atoms with Crippen molar-refractivity contribution in [2.24, 2.45) is 0 Å². The molecule has 1 aromatic carbocycles. The summed E-state index contributed by atoms with van der Waals surface area (Å²) in [4.78, 5) is 31.8. The van der Waals surface area contributed by atoms with E-state index in [0.29, 0.717) is 54.4 Å². The standard InChI is InChI=1S/C27H31ClF3N7O2/c1-36(2)18-7-8-38(16-18)23-6-3-19-21(35-23)5-4-20(28)24(19)25(39)32-15-22(37-9-11-40-12-10-37)17-13-33-26(34-14-17)27(29,30)31/h3-6,13-14,18,22H,7-12,15-16H2,1-2H3,(H,32,39)/t18-,22?/m1/s1. The molecule has 9 nitrogen and oxygen atoms in total. The minimum absolute atomic E-state index is 0.117. The third-order valence-electron chi connectivity index (χ3n) is 7.50. The van der Waals surface area contributed by atoms with Crippen LogP contribution in [0.25, 0.3) is 10.9 Å². The molecule has 13 heteroatoms. The second-order valence-electron chi connectivity index (χ2n) is 10.2. The van der Waals surface area contributed by atoms with Crippen LogP contribution in [-0.2, 0) is 10.9 Å². The molecule has 3 aromatic rings. The summed E-state index contributed by atoms with van der Waals surface area (Å²) in [7, 11) is 4.15. The topological polar surface area (TPSA) is 86.7 Å². The van der Waals surface area contributed by atoms with Crippen molar-refractivity contribution in [1.29, 1.82) is 0 Å². The Labute approximate surface area is 235 Å². The van der Waals surface area contributed by atoms with Crippen LogP contribution in [0.1, 0.15) is 34.2 Å². The number of nitrogens with zero attached hydrogens (tertiary/aromatic N) is 6. The smallest absolute Gasteiger partial charge is 0.379 e. The fourth-order valence-corrected chi connectivity index (χ4v) is 5.48. The Hall–Kier alpha value is -3.06. The molecule has 0 bridgehead atoms. The van der Waals surface area contributed by atoms with Gasteiger partial charge in [-0.2, -0.15) is 13.2 Å². The first-order valence-corrected chi connectivity index (χ1v) is 13.5. The molecule has 0 spiro atoms. The van der Waals surface area contributed by atoms with Crippen molar-refractivity contribution < 1.29 is 22.7 Å². The number of pyridine rings is 1. The lowest BCUT2D eigenvalue weighted by Crippen LogP contribution is -2.44. The highest BCUT2D eigenvalue weighted by Gasteiger charge is 2.35. The van der Waals surface area contributed by atoms with Gasteiger partial charge in [0.15, 0.2) is 0 Å². The van der Waals surface area contributed by atoms with Crippen LogP contribution in [0.2, 0.25) is 5.02 Å². The predicted octanol–water partition coefficient (Wildman–Crippen LogP) is 3.64. The van der Waals surface area contributed by atoms with E-state index < -0.39 is 23.9 Å². The SMILES string of the molecule is CN(C)[C@@H]1CCN(c2ccc3c(C(=O)NCC(c4cnc(C(F)(F)F)nc4)N4CCOCC4)c(Cl)ccc3n2)C1. The van der Waals surface area contributed by atoms with Gasteiger partial charge < -0.3 is 19.9 Å². The van der Waals surface area contributed by atoms with Gasteiger partial charge in [0.2, 0.25) is 5.82 Å². The molecule has 214 valence electrons. The summed E-state index contributed by atoms with van der Waals surface area (Å²) in [5, 5.41) is 3.84. The van der Waals surface area contributed by atoms with E-state index in [1.807, 2.05) is 17.0 Å². The Morgan fingerprint density at radius 1 is 1.15 bits per heavy atom. The molecule has 40 heavy (non-hydrogen) atoms. The first-order chi connectivity index (χ1) is 19.1. The van der Waals surface area contributed by atoms with Crippen LogP contribution in [0.15, 0.2) is 36.7 Å². The van der Waals surface area contributed by atoms with Crippen molar-refractivity contribution in [3.63, 3.8) is 0 Å². The number of halogens is 4. The summed E-state index contributed by atoms with van der Waals surface area (Å²) in [5.74, 6) is -0.758. The highest BCUT2D eigenvalue weighted by atomic mass is 35.5. The maximum Gasteiger partial charge on any atom is 0.451 e. The van der Waals surface area contributed by atoms with Crippen molar-refractivity contribution in [3.8, 4) is 0 Å². The zero-order valence-electron chi connectivity index (χ0n) is 22.3. The van der Waals surface area contributed by atoms with E-state index in [2.05, 4.69) is 39.2 Å². The predicted molar refractivity (Wildman–Crippen MR) is 146 cm³/mol. The van der Waals surface area contributed by atoms with E-state index in [9.17, 15) is 18.0 Å². The molecule has 0 saturated carbocycles. The summed E-state index contributed by atoms with van der Waals surface area (Å²) in [6.45, 7) is 3.94.